The standard InChI is InChI=1S/C14H17Cl2N3O/c1-18(2)7-8-19-13(12(16)9-17-19)14(20)10-5-3-4-6-11(10)15/h3-6,9,14,20H,7-8H2,1-2H3. The number of hydrogen-bond donors (Lipinski definition) is 1. The molecule has 1 N–H and O–H groups in total. The van der Waals surface area contributed by atoms with Gasteiger partial charge in [0.1, 0.15) is 6.10 Å². The third-order valence-corrected chi connectivity index (χ3v) is 3.69. The van der Waals surface area contributed by atoms with Crippen LogP contribution in [0.15, 0.2) is 30.5 Å². The molecule has 1 heterocycles. The summed E-state index contributed by atoms with van der Waals surface area (Å²) in [6.45, 7) is 1.46. The van der Waals surface area contributed by atoms with Gasteiger partial charge >= 0.3 is 0 Å². The molecule has 108 valence electrons. The van der Waals surface area contributed by atoms with E-state index < -0.39 is 6.10 Å². The second-order valence-corrected chi connectivity index (χ2v) is 5.64. The van der Waals surface area contributed by atoms with Gasteiger partial charge in [-0.15, -0.1) is 0 Å². The Hall–Kier alpha value is -1.07. The molecule has 1 aromatic carbocycles. The van der Waals surface area contributed by atoms with Crippen molar-refractivity contribution in [2.45, 2.75) is 12.6 Å². The summed E-state index contributed by atoms with van der Waals surface area (Å²) >= 11 is 12.3. The minimum absolute atomic E-state index is 0.441. The van der Waals surface area contributed by atoms with Gasteiger partial charge in [-0.2, -0.15) is 5.10 Å². The molecule has 2 rings (SSSR count). The molecule has 0 spiro atoms. The van der Waals surface area contributed by atoms with E-state index in [2.05, 4.69) is 5.10 Å². The third kappa shape index (κ3) is 3.33. The van der Waals surface area contributed by atoms with E-state index in [9.17, 15) is 5.11 Å². The molecule has 20 heavy (non-hydrogen) atoms. The summed E-state index contributed by atoms with van der Waals surface area (Å²) < 4.78 is 1.72. The normalized spacial score (nSPS) is 12.9. The van der Waals surface area contributed by atoms with Crippen LogP contribution in [-0.2, 0) is 6.54 Å². The van der Waals surface area contributed by atoms with Crippen LogP contribution in [0.1, 0.15) is 17.4 Å². The Bertz CT molecular complexity index is 584. The predicted octanol–water partition coefficient (Wildman–Crippen LogP) is 2.83. The van der Waals surface area contributed by atoms with E-state index >= 15 is 0 Å². The summed E-state index contributed by atoms with van der Waals surface area (Å²) in [6, 6.07) is 7.18. The highest BCUT2D eigenvalue weighted by Crippen LogP contribution is 2.31. The first kappa shape index (κ1) is 15.3. The maximum absolute atomic E-state index is 10.5. The number of aliphatic hydroxyl groups excluding tert-OH is 1. The van der Waals surface area contributed by atoms with E-state index in [-0.39, 0.29) is 0 Å². The second-order valence-electron chi connectivity index (χ2n) is 4.83. The van der Waals surface area contributed by atoms with Crippen molar-refractivity contribution in [2.75, 3.05) is 20.6 Å². The first-order valence-corrected chi connectivity index (χ1v) is 7.04. The Balaban J connectivity index is 2.32. The van der Waals surface area contributed by atoms with Gasteiger partial charge < -0.3 is 10.0 Å². The molecule has 2 aromatic rings. The maximum Gasteiger partial charge on any atom is 0.124 e. The van der Waals surface area contributed by atoms with Crippen LogP contribution in [0.25, 0.3) is 0 Å². The molecule has 1 aromatic heterocycles. The van der Waals surface area contributed by atoms with Crippen LogP contribution in [0.2, 0.25) is 10.0 Å². The first-order valence-electron chi connectivity index (χ1n) is 6.29. The van der Waals surface area contributed by atoms with Crippen molar-refractivity contribution in [3.8, 4) is 0 Å². The Labute approximate surface area is 128 Å². The fraction of sp³-hybridized carbons (Fsp3) is 0.357. The molecule has 0 aliphatic carbocycles. The van der Waals surface area contributed by atoms with Gasteiger partial charge in [0.25, 0.3) is 0 Å². The lowest BCUT2D eigenvalue weighted by atomic mass is 10.1. The van der Waals surface area contributed by atoms with Crippen LogP contribution in [0.5, 0.6) is 0 Å². The summed E-state index contributed by atoms with van der Waals surface area (Å²) in [6.07, 6.45) is 0.660. The predicted molar refractivity (Wildman–Crippen MR) is 81.3 cm³/mol. The molecule has 1 atom stereocenters. The number of halogens is 2. The van der Waals surface area contributed by atoms with Crippen molar-refractivity contribution in [1.82, 2.24) is 14.7 Å². The number of likely N-dealkylation sites (N-methyl/N-ethyl adjacent to an activating group) is 1. The van der Waals surface area contributed by atoms with Crippen molar-refractivity contribution in [1.29, 1.82) is 0 Å². The Kier molecular flexibility index (Phi) is 5.05. The van der Waals surface area contributed by atoms with Gasteiger partial charge in [0, 0.05) is 17.1 Å². The van der Waals surface area contributed by atoms with Gasteiger partial charge in [-0.25, -0.2) is 0 Å². The Morgan fingerprint density at radius 3 is 2.60 bits per heavy atom. The van der Waals surface area contributed by atoms with E-state index in [1.807, 2.05) is 31.1 Å². The quantitative estimate of drug-likeness (QED) is 0.923. The average Bonchev–Trinajstić information content (AvgIpc) is 2.77. The van der Waals surface area contributed by atoms with E-state index in [1.165, 1.54) is 0 Å². The number of aliphatic hydroxyl groups is 1. The summed E-state index contributed by atoms with van der Waals surface area (Å²) in [7, 11) is 3.96. The monoisotopic (exact) mass is 313 g/mol. The average molecular weight is 314 g/mol. The van der Waals surface area contributed by atoms with Gasteiger partial charge in [-0.05, 0) is 20.2 Å². The number of nitrogens with zero attached hydrogens (tertiary/aromatic N) is 3. The maximum atomic E-state index is 10.5. The summed E-state index contributed by atoms with van der Waals surface area (Å²) in [5, 5.41) is 15.7. The molecule has 0 bridgehead atoms. The van der Waals surface area contributed by atoms with Crippen LogP contribution < -0.4 is 0 Å². The van der Waals surface area contributed by atoms with E-state index in [0.29, 0.717) is 27.8 Å². The molecule has 0 aliphatic heterocycles. The SMILES string of the molecule is CN(C)CCn1ncc(Cl)c1C(O)c1ccccc1Cl. The topological polar surface area (TPSA) is 41.3 Å². The summed E-state index contributed by atoms with van der Waals surface area (Å²) in [4.78, 5) is 2.04. The van der Waals surface area contributed by atoms with Crippen molar-refractivity contribution in [3.05, 3.63) is 51.8 Å². The molecular weight excluding hydrogens is 297 g/mol. The molecule has 0 aliphatic rings. The van der Waals surface area contributed by atoms with Crippen molar-refractivity contribution >= 4 is 23.2 Å². The summed E-state index contributed by atoms with van der Waals surface area (Å²) in [5.74, 6) is 0. The fourth-order valence-electron chi connectivity index (χ4n) is 1.96. The zero-order valence-corrected chi connectivity index (χ0v) is 12.9. The van der Waals surface area contributed by atoms with Crippen molar-refractivity contribution in [3.63, 3.8) is 0 Å². The molecule has 0 saturated carbocycles. The molecule has 0 radical (unpaired) electrons. The highest BCUT2D eigenvalue weighted by Gasteiger charge is 2.21. The van der Waals surface area contributed by atoms with E-state index in [1.54, 1.807) is 23.0 Å². The number of aromatic nitrogens is 2. The lowest BCUT2D eigenvalue weighted by Crippen LogP contribution is -2.21. The zero-order chi connectivity index (χ0) is 14.7. The molecule has 4 nitrogen and oxygen atoms in total. The molecule has 0 saturated heterocycles. The van der Waals surface area contributed by atoms with Gasteiger partial charge in [0.2, 0.25) is 0 Å². The van der Waals surface area contributed by atoms with Crippen molar-refractivity contribution in [2.24, 2.45) is 0 Å². The lowest BCUT2D eigenvalue weighted by molar-refractivity contribution is 0.206. The zero-order valence-electron chi connectivity index (χ0n) is 11.4. The number of benzene rings is 1. The van der Waals surface area contributed by atoms with E-state index in [4.69, 9.17) is 23.2 Å². The van der Waals surface area contributed by atoms with Gasteiger partial charge in [0.15, 0.2) is 0 Å². The minimum Gasteiger partial charge on any atom is -0.382 e. The fourth-order valence-corrected chi connectivity index (χ4v) is 2.44. The molecule has 0 amide bonds. The largest absolute Gasteiger partial charge is 0.382 e. The van der Waals surface area contributed by atoms with Crippen molar-refractivity contribution < 1.29 is 5.11 Å². The summed E-state index contributed by atoms with van der Waals surface area (Å²) in [5.41, 5.74) is 1.20. The van der Waals surface area contributed by atoms with Crippen LogP contribution in [0.3, 0.4) is 0 Å². The smallest absolute Gasteiger partial charge is 0.124 e. The van der Waals surface area contributed by atoms with Gasteiger partial charge in [-0.3, -0.25) is 4.68 Å². The molecule has 0 fully saturated rings. The molecular formula is C14H17Cl2N3O. The number of rotatable bonds is 5. The lowest BCUT2D eigenvalue weighted by Gasteiger charge is -2.17. The third-order valence-electron chi connectivity index (χ3n) is 3.05. The second kappa shape index (κ2) is 6.59. The van der Waals surface area contributed by atoms with Crippen LogP contribution in [0, 0.1) is 0 Å². The van der Waals surface area contributed by atoms with Gasteiger partial charge in [-0.1, -0.05) is 41.4 Å². The molecule has 6 heteroatoms. The number of hydrogen-bond acceptors (Lipinski definition) is 3. The van der Waals surface area contributed by atoms with Gasteiger partial charge in [0.05, 0.1) is 23.5 Å². The highest BCUT2D eigenvalue weighted by atomic mass is 35.5. The highest BCUT2D eigenvalue weighted by molar-refractivity contribution is 6.32. The minimum atomic E-state index is -0.888. The van der Waals surface area contributed by atoms with Crippen LogP contribution in [-0.4, -0.2) is 40.4 Å². The molecule has 1 unspecified atom stereocenters. The van der Waals surface area contributed by atoms with Crippen LogP contribution >= 0.6 is 23.2 Å². The Morgan fingerprint density at radius 2 is 1.95 bits per heavy atom. The first-order chi connectivity index (χ1) is 9.50. The Morgan fingerprint density at radius 1 is 1.25 bits per heavy atom. The van der Waals surface area contributed by atoms with E-state index in [0.717, 1.165) is 6.54 Å². The van der Waals surface area contributed by atoms with Crippen LogP contribution in [0.4, 0.5) is 0 Å².